The van der Waals surface area contributed by atoms with Crippen LogP contribution in [0.5, 0.6) is 0 Å². The van der Waals surface area contributed by atoms with Crippen molar-refractivity contribution in [1.82, 2.24) is 10.2 Å². The number of carbonyl (C=O) groups excluding carboxylic acids is 1. The van der Waals surface area contributed by atoms with Crippen LogP contribution in [0.15, 0.2) is 18.2 Å². The van der Waals surface area contributed by atoms with E-state index in [1.807, 2.05) is 0 Å². The lowest BCUT2D eigenvalue weighted by atomic mass is 10.1. The van der Waals surface area contributed by atoms with Gasteiger partial charge in [0.1, 0.15) is 5.82 Å². The molecule has 5 heteroatoms. The molecule has 0 aliphatic carbocycles. The summed E-state index contributed by atoms with van der Waals surface area (Å²) < 4.78 is 13.5. The van der Waals surface area contributed by atoms with E-state index in [2.05, 4.69) is 10.2 Å². The highest BCUT2D eigenvalue weighted by Gasteiger charge is 2.13. The Morgan fingerprint density at radius 2 is 2.05 bits per heavy atom. The summed E-state index contributed by atoms with van der Waals surface area (Å²) in [5.41, 5.74) is 5.96. The number of nitrogens with one attached hydrogen (secondary N) is 1. The van der Waals surface area contributed by atoms with Crippen LogP contribution in [0.1, 0.15) is 29.6 Å². The maximum Gasteiger partial charge on any atom is 0.254 e. The van der Waals surface area contributed by atoms with E-state index >= 15 is 0 Å². The number of benzene rings is 1. The number of rotatable bonds is 4. The fourth-order valence-electron chi connectivity index (χ4n) is 2.32. The lowest BCUT2D eigenvalue weighted by Crippen LogP contribution is -2.37. The average molecular weight is 265 g/mol. The summed E-state index contributed by atoms with van der Waals surface area (Å²) >= 11 is 0. The van der Waals surface area contributed by atoms with Crippen molar-refractivity contribution in [3.05, 3.63) is 29.6 Å². The summed E-state index contributed by atoms with van der Waals surface area (Å²) in [7, 11) is 0. The molecule has 0 saturated carbocycles. The third-order valence-corrected chi connectivity index (χ3v) is 3.40. The van der Waals surface area contributed by atoms with Gasteiger partial charge in [0, 0.05) is 18.8 Å². The second kappa shape index (κ2) is 6.52. The molecule has 1 amide bonds. The average Bonchev–Trinajstić information content (AvgIpc) is 2.42. The van der Waals surface area contributed by atoms with E-state index in [4.69, 9.17) is 5.73 Å². The molecule has 0 unspecified atom stereocenters. The minimum Gasteiger partial charge on any atom is -0.399 e. The van der Waals surface area contributed by atoms with Crippen molar-refractivity contribution < 1.29 is 9.18 Å². The molecule has 1 heterocycles. The number of amides is 1. The number of likely N-dealkylation sites (tertiary alicyclic amines) is 1. The molecule has 104 valence electrons. The zero-order chi connectivity index (χ0) is 13.7. The minimum absolute atomic E-state index is 0.0126. The first-order valence-corrected chi connectivity index (χ1v) is 6.72. The Morgan fingerprint density at radius 1 is 1.32 bits per heavy atom. The quantitative estimate of drug-likeness (QED) is 0.813. The van der Waals surface area contributed by atoms with E-state index < -0.39 is 11.7 Å². The Kier molecular flexibility index (Phi) is 4.74. The van der Waals surface area contributed by atoms with Crippen molar-refractivity contribution in [2.45, 2.75) is 19.3 Å². The minimum atomic E-state index is -0.537. The first-order valence-electron chi connectivity index (χ1n) is 6.72. The van der Waals surface area contributed by atoms with Crippen molar-refractivity contribution in [1.29, 1.82) is 0 Å². The Bertz CT molecular complexity index is 444. The summed E-state index contributed by atoms with van der Waals surface area (Å²) in [5.74, 6) is -0.938. The molecule has 3 N–H and O–H groups in total. The number of nitrogen functional groups attached to an aromatic ring is 1. The van der Waals surface area contributed by atoms with Gasteiger partial charge in [0.15, 0.2) is 0 Å². The highest BCUT2D eigenvalue weighted by molar-refractivity contribution is 5.95. The molecule has 19 heavy (non-hydrogen) atoms. The van der Waals surface area contributed by atoms with Gasteiger partial charge in [-0.3, -0.25) is 4.79 Å². The molecule has 4 nitrogen and oxygen atoms in total. The summed E-state index contributed by atoms with van der Waals surface area (Å²) in [5, 5.41) is 2.74. The highest BCUT2D eigenvalue weighted by Crippen LogP contribution is 2.12. The van der Waals surface area contributed by atoms with E-state index in [0.717, 1.165) is 19.6 Å². The number of halogens is 1. The fourth-order valence-corrected chi connectivity index (χ4v) is 2.32. The molecular weight excluding hydrogens is 245 g/mol. The van der Waals surface area contributed by atoms with E-state index in [1.165, 1.54) is 37.5 Å². The van der Waals surface area contributed by atoms with Crippen LogP contribution < -0.4 is 11.1 Å². The standard InChI is InChI=1S/C14H20FN3O/c15-13-5-4-11(16)10-12(13)14(19)17-6-9-18-7-2-1-3-8-18/h4-5,10H,1-3,6-9,16H2,(H,17,19). The van der Waals surface area contributed by atoms with Crippen LogP contribution in [0, 0.1) is 5.82 Å². The van der Waals surface area contributed by atoms with E-state index in [-0.39, 0.29) is 5.56 Å². The van der Waals surface area contributed by atoms with Crippen molar-refractivity contribution in [2.24, 2.45) is 0 Å². The van der Waals surface area contributed by atoms with Crippen LogP contribution in [0.2, 0.25) is 0 Å². The molecule has 1 aromatic rings. The maximum absolute atomic E-state index is 13.5. The van der Waals surface area contributed by atoms with E-state index in [9.17, 15) is 9.18 Å². The van der Waals surface area contributed by atoms with Crippen molar-refractivity contribution in [2.75, 3.05) is 31.9 Å². The number of piperidine rings is 1. The summed E-state index contributed by atoms with van der Waals surface area (Å²) in [4.78, 5) is 14.2. The number of nitrogens with two attached hydrogens (primary N) is 1. The predicted octanol–water partition coefficient (Wildman–Crippen LogP) is 1.62. The molecule has 1 fully saturated rings. The number of nitrogens with zero attached hydrogens (tertiary/aromatic N) is 1. The van der Waals surface area contributed by atoms with Gasteiger partial charge in [0.05, 0.1) is 5.56 Å². The SMILES string of the molecule is Nc1ccc(F)c(C(=O)NCCN2CCCCC2)c1. The second-order valence-electron chi connectivity index (χ2n) is 4.90. The fraction of sp³-hybridized carbons (Fsp3) is 0.500. The van der Waals surface area contributed by atoms with Crippen molar-refractivity contribution >= 4 is 11.6 Å². The monoisotopic (exact) mass is 265 g/mol. The number of carbonyl (C=O) groups is 1. The molecule has 0 atom stereocenters. The Labute approximate surface area is 112 Å². The Balaban J connectivity index is 1.82. The van der Waals surface area contributed by atoms with Crippen molar-refractivity contribution in [3.8, 4) is 0 Å². The highest BCUT2D eigenvalue weighted by atomic mass is 19.1. The summed E-state index contributed by atoms with van der Waals surface area (Å²) in [6.07, 6.45) is 3.73. The van der Waals surface area contributed by atoms with Gasteiger partial charge >= 0.3 is 0 Å². The third kappa shape index (κ3) is 3.92. The van der Waals surface area contributed by atoms with Gasteiger partial charge in [-0.1, -0.05) is 6.42 Å². The molecule has 1 saturated heterocycles. The first-order chi connectivity index (χ1) is 9.16. The topological polar surface area (TPSA) is 58.4 Å². The van der Waals surface area contributed by atoms with Crippen LogP contribution in [-0.4, -0.2) is 37.0 Å². The third-order valence-electron chi connectivity index (χ3n) is 3.40. The maximum atomic E-state index is 13.5. The van der Waals surface area contributed by atoms with Gasteiger partial charge in [-0.15, -0.1) is 0 Å². The zero-order valence-corrected chi connectivity index (χ0v) is 11.0. The molecule has 0 aromatic heterocycles. The first kappa shape index (κ1) is 13.8. The molecule has 0 spiro atoms. The van der Waals surface area contributed by atoms with Gasteiger partial charge in [0.2, 0.25) is 0 Å². The van der Waals surface area contributed by atoms with E-state index in [1.54, 1.807) is 0 Å². The van der Waals surface area contributed by atoms with Crippen LogP contribution in [0.25, 0.3) is 0 Å². The van der Waals surface area contributed by atoms with Gasteiger partial charge < -0.3 is 16.0 Å². The lowest BCUT2D eigenvalue weighted by molar-refractivity contribution is 0.0942. The van der Waals surface area contributed by atoms with E-state index in [0.29, 0.717) is 12.2 Å². The largest absolute Gasteiger partial charge is 0.399 e. The van der Waals surface area contributed by atoms with Crippen LogP contribution >= 0.6 is 0 Å². The van der Waals surface area contributed by atoms with Crippen LogP contribution in [-0.2, 0) is 0 Å². The molecule has 1 aliphatic heterocycles. The zero-order valence-electron chi connectivity index (χ0n) is 11.0. The number of hydrogen-bond donors (Lipinski definition) is 2. The van der Waals surface area contributed by atoms with Crippen molar-refractivity contribution in [3.63, 3.8) is 0 Å². The van der Waals surface area contributed by atoms with Gasteiger partial charge in [0.25, 0.3) is 5.91 Å². The Morgan fingerprint density at radius 3 is 2.79 bits per heavy atom. The molecule has 0 bridgehead atoms. The summed E-state index contributed by atoms with van der Waals surface area (Å²) in [6.45, 7) is 3.52. The molecular formula is C14H20FN3O. The number of hydrogen-bond acceptors (Lipinski definition) is 3. The smallest absolute Gasteiger partial charge is 0.254 e. The molecule has 1 aromatic carbocycles. The summed E-state index contributed by atoms with van der Waals surface area (Å²) in [6, 6.07) is 4.03. The predicted molar refractivity (Wildman–Crippen MR) is 73.4 cm³/mol. The van der Waals surface area contributed by atoms with Crippen LogP contribution in [0.3, 0.4) is 0 Å². The molecule has 2 rings (SSSR count). The molecule has 1 aliphatic rings. The normalized spacial score (nSPS) is 16.3. The second-order valence-corrected chi connectivity index (χ2v) is 4.90. The van der Waals surface area contributed by atoms with Gasteiger partial charge in [-0.2, -0.15) is 0 Å². The lowest BCUT2D eigenvalue weighted by Gasteiger charge is -2.26. The Hall–Kier alpha value is -1.62. The van der Waals surface area contributed by atoms with Gasteiger partial charge in [-0.25, -0.2) is 4.39 Å². The van der Waals surface area contributed by atoms with Gasteiger partial charge in [-0.05, 0) is 44.1 Å². The molecule has 0 radical (unpaired) electrons. The van der Waals surface area contributed by atoms with Crippen LogP contribution in [0.4, 0.5) is 10.1 Å². The number of anilines is 1.